The number of rotatable bonds is 6. The van der Waals surface area contributed by atoms with Gasteiger partial charge in [0.15, 0.2) is 0 Å². The monoisotopic (exact) mass is 397 g/mol. The third kappa shape index (κ3) is 3.40. The van der Waals surface area contributed by atoms with E-state index in [-0.39, 0.29) is 11.9 Å². The van der Waals surface area contributed by atoms with Crippen molar-refractivity contribution in [2.45, 2.75) is 44.8 Å². The van der Waals surface area contributed by atoms with Crippen molar-refractivity contribution in [3.05, 3.63) is 45.6 Å². The normalized spacial score (nSPS) is 19.2. The summed E-state index contributed by atoms with van der Waals surface area (Å²) in [6.45, 7) is 4.23. The zero-order chi connectivity index (χ0) is 19.1. The van der Waals surface area contributed by atoms with Crippen LogP contribution in [0.25, 0.3) is 11.0 Å². The highest BCUT2D eigenvalue weighted by Gasteiger charge is 2.34. The summed E-state index contributed by atoms with van der Waals surface area (Å²) >= 11 is 1.59. The molecule has 0 spiro atoms. The van der Waals surface area contributed by atoms with Gasteiger partial charge in [0.25, 0.3) is 5.91 Å². The van der Waals surface area contributed by atoms with E-state index < -0.39 is 0 Å². The Kier molecular flexibility index (Phi) is 4.56. The average molecular weight is 398 g/mol. The highest BCUT2D eigenvalue weighted by atomic mass is 32.1. The van der Waals surface area contributed by atoms with Crippen LogP contribution in [-0.4, -0.2) is 30.0 Å². The van der Waals surface area contributed by atoms with E-state index in [1.54, 1.807) is 11.3 Å². The van der Waals surface area contributed by atoms with Crippen molar-refractivity contribution < 1.29 is 13.9 Å². The van der Waals surface area contributed by atoms with Gasteiger partial charge in [0.1, 0.15) is 23.7 Å². The van der Waals surface area contributed by atoms with Gasteiger partial charge >= 0.3 is 0 Å². The molecule has 3 heterocycles. The fraction of sp³-hybridized carbons (Fsp3) is 0.429. The van der Waals surface area contributed by atoms with Crippen LogP contribution in [0.1, 0.15) is 51.9 Å². The molecule has 2 aromatic heterocycles. The Morgan fingerprint density at radius 1 is 1.39 bits per heavy atom. The topological polar surface area (TPSA) is 76.4 Å². The van der Waals surface area contributed by atoms with E-state index in [2.05, 4.69) is 15.6 Å². The first-order valence-corrected chi connectivity index (χ1v) is 10.7. The molecule has 2 N–H and O–H groups in total. The minimum Gasteiger partial charge on any atom is -0.488 e. The molecular formula is C21H23N3O3S. The molecule has 6 nitrogen and oxygen atoms in total. The fourth-order valence-electron chi connectivity index (χ4n) is 3.70. The molecule has 5 rings (SSSR count). The van der Waals surface area contributed by atoms with Gasteiger partial charge in [-0.1, -0.05) is 0 Å². The molecule has 1 unspecified atom stereocenters. The van der Waals surface area contributed by atoms with Crippen LogP contribution in [0, 0.1) is 6.92 Å². The van der Waals surface area contributed by atoms with Crippen LogP contribution in [0.2, 0.25) is 0 Å². The summed E-state index contributed by atoms with van der Waals surface area (Å²) < 4.78 is 12.1. The van der Waals surface area contributed by atoms with Crippen molar-refractivity contribution >= 4 is 28.2 Å². The molecular weight excluding hydrogens is 374 g/mol. The maximum Gasteiger partial charge on any atom is 0.255 e. The van der Waals surface area contributed by atoms with Crippen LogP contribution < -0.4 is 15.4 Å². The summed E-state index contributed by atoms with van der Waals surface area (Å²) in [6.07, 6.45) is 3.13. The van der Waals surface area contributed by atoms with Crippen LogP contribution in [0.4, 0.5) is 0 Å². The Morgan fingerprint density at radius 2 is 2.29 bits per heavy atom. The Bertz CT molecular complexity index is 1020. The number of carbonyl (C=O) groups excluding carboxylic acids is 1. The highest BCUT2D eigenvalue weighted by molar-refractivity contribution is 7.09. The van der Waals surface area contributed by atoms with Gasteiger partial charge in [0, 0.05) is 23.9 Å². The molecule has 146 valence electrons. The number of furan rings is 1. The van der Waals surface area contributed by atoms with Crippen LogP contribution >= 0.6 is 11.3 Å². The summed E-state index contributed by atoms with van der Waals surface area (Å²) in [7, 11) is 0. The first kappa shape index (κ1) is 17.7. The SMILES string of the molecule is Cc1ncsc1COc1ccc2oc(C3CC3)c(C(=O)NC3CCNC3)c2c1. The van der Waals surface area contributed by atoms with E-state index >= 15 is 0 Å². The van der Waals surface area contributed by atoms with Crippen LogP contribution in [0.5, 0.6) is 5.75 Å². The summed E-state index contributed by atoms with van der Waals surface area (Å²) in [5.74, 6) is 1.89. The standard InChI is InChI=1S/C21H23N3O3S/c1-12-18(28-11-23-12)10-26-15-4-5-17-16(8-15)19(20(27-17)13-2-3-13)21(25)24-14-6-7-22-9-14/h4-5,8,11,13-14,22H,2-3,6-7,9-10H2,1H3,(H,24,25). The molecule has 2 aliphatic rings. The summed E-state index contributed by atoms with van der Waals surface area (Å²) in [4.78, 5) is 18.5. The molecule has 1 aliphatic carbocycles. The van der Waals surface area contributed by atoms with Crippen molar-refractivity contribution in [1.82, 2.24) is 15.6 Å². The molecule has 0 bridgehead atoms. The van der Waals surface area contributed by atoms with E-state index in [1.165, 1.54) is 0 Å². The molecule has 28 heavy (non-hydrogen) atoms. The second-order valence-corrected chi connectivity index (χ2v) is 8.53. The second kappa shape index (κ2) is 7.22. The number of nitrogens with one attached hydrogen (secondary N) is 2. The third-order valence-corrected chi connectivity index (χ3v) is 6.38. The number of ether oxygens (including phenoxy) is 1. The van der Waals surface area contributed by atoms with Gasteiger partial charge in [-0.25, -0.2) is 4.98 Å². The molecule has 0 radical (unpaired) electrons. The molecule has 1 atom stereocenters. The Morgan fingerprint density at radius 3 is 3.00 bits per heavy atom. The van der Waals surface area contributed by atoms with E-state index in [0.29, 0.717) is 18.1 Å². The number of thiazole rings is 1. The highest BCUT2D eigenvalue weighted by Crippen LogP contribution is 2.45. The number of carbonyl (C=O) groups is 1. The molecule has 1 saturated carbocycles. The zero-order valence-corrected chi connectivity index (χ0v) is 16.6. The van der Waals surface area contributed by atoms with Gasteiger partial charge in [-0.3, -0.25) is 4.79 Å². The quantitative estimate of drug-likeness (QED) is 0.663. The van der Waals surface area contributed by atoms with Crippen molar-refractivity contribution in [2.75, 3.05) is 13.1 Å². The Hall–Kier alpha value is -2.38. The lowest BCUT2D eigenvalue weighted by Crippen LogP contribution is -2.36. The number of aromatic nitrogens is 1. The predicted molar refractivity (Wildman–Crippen MR) is 108 cm³/mol. The summed E-state index contributed by atoms with van der Waals surface area (Å²) in [5.41, 5.74) is 4.26. The molecule has 2 fully saturated rings. The summed E-state index contributed by atoms with van der Waals surface area (Å²) in [5, 5.41) is 7.30. The largest absolute Gasteiger partial charge is 0.488 e. The molecule has 1 saturated heterocycles. The molecule has 7 heteroatoms. The minimum atomic E-state index is -0.0372. The predicted octanol–water partition coefficient (Wildman–Crippen LogP) is 3.75. The van der Waals surface area contributed by atoms with Crippen molar-refractivity contribution in [2.24, 2.45) is 0 Å². The Balaban J connectivity index is 1.45. The maximum atomic E-state index is 13.1. The number of aryl methyl sites for hydroxylation is 1. The van der Waals surface area contributed by atoms with Gasteiger partial charge in [-0.15, -0.1) is 11.3 Å². The van der Waals surface area contributed by atoms with Crippen LogP contribution in [-0.2, 0) is 6.61 Å². The van der Waals surface area contributed by atoms with Gasteiger partial charge in [-0.05, 0) is 50.9 Å². The lowest BCUT2D eigenvalue weighted by Gasteiger charge is -2.11. The first-order chi connectivity index (χ1) is 13.7. The number of hydrogen-bond donors (Lipinski definition) is 2. The first-order valence-electron chi connectivity index (χ1n) is 9.79. The van der Waals surface area contributed by atoms with E-state index in [0.717, 1.165) is 65.4 Å². The van der Waals surface area contributed by atoms with Crippen LogP contribution in [0.15, 0.2) is 28.1 Å². The lowest BCUT2D eigenvalue weighted by atomic mass is 10.1. The molecule has 1 aliphatic heterocycles. The molecule has 1 amide bonds. The van der Waals surface area contributed by atoms with E-state index in [9.17, 15) is 4.79 Å². The molecule has 1 aromatic carbocycles. The lowest BCUT2D eigenvalue weighted by molar-refractivity contribution is 0.0939. The number of amides is 1. The van der Waals surface area contributed by atoms with Crippen molar-refractivity contribution in [1.29, 1.82) is 0 Å². The summed E-state index contributed by atoms with van der Waals surface area (Å²) in [6, 6.07) is 5.92. The van der Waals surface area contributed by atoms with E-state index in [1.807, 2.05) is 30.6 Å². The van der Waals surface area contributed by atoms with Gasteiger partial charge in [0.05, 0.1) is 21.6 Å². The number of nitrogens with zero attached hydrogens (tertiary/aromatic N) is 1. The smallest absolute Gasteiger partial charge is 0.255 e. The van der Waals surface area contributed by atoms with Crippen LogP contribution in [0.3, 0.4) is 0 Å². The van der Waals surface area contributed by atoms with Crippen molar-refractivity contribution in [3.63, 3.8) is 0 Å². The average Bonchev–Trinajstić information content (AvgIpc) is 3.08. The van der Waals surface area contributed by atoms with Gasteiger partial charge in [-0.2, -0.15) is 0 Å². The zero-order valence-electron chi connectivity index (χ0n) is 15.8. The minimum absolute atomic E-state index is 0.0372. The maximum absolute atomic E-state index is 13.1. The fourth-order valence-corrected chi connectivity index (χ4v) is 4.39. The number of benzene rings is 1. The number of hydrogen-bond acceptors (Lipinski definition) is 6. The van der Waals surface area contributed by atoms with Gasteiger partial charge in [0.2, 0.25) is 0 Å². The van der Waals surface area contributed by atoms with Crippen molar-refractivity contribution in [3.8, 4) is 5.75 Å². The molecule has 3 aromatic rings. The number of fused-ring (bicyclic) bond motifs is 1. The third-order valence-electron chi connectivity index (χ3n) is 5.47. The van der Waals surface area contributed by atoms with Gasteiger partial charge < -0.3 is 19.8 Å². The second-order valence-electron chi connectivity index (χ2n) is 7.59. The Labute approximate surface area is 167 Å². The van der Waals surface area contributed by atoms with E-state index in [4.69, 9.17) is 9.15 Å².